The van der Waals surface area contributed by atoms with Crippen LogP contribution in [0.4, 0.5) is 0 Å². The van der Waals surface area contributed by atoms with Gasteiger partial charge < -0.3 is 28.8 Å². The molecule has 86 heavy (non-hydrogen) atoms. The lowest BCUT2D eigenvalue weighted by Crippen LogP contribution is -2.45. The summed E-state index contributed by atoms with van der Waals surface area (Å²) in [5.74, 6) is -0.216. The minimum Gasteiger partial charge on any atom is -0.756 e. The minimum absolute atomic E-state index is 0.0136. The first-order valence-electron chi connectivity index (χ1n) is 35.5. The Morgan fingerprint density at radius 3 is 1.08 bits per heavy atom. The van der Waals surface area contributed by atoms with E-state index in [2.05, 4.69) is 141 Å². The molecule has 0 bridgehead atoms. The largest absolute Gasteiger partial charge is 0.756 e. The highest BCUT2D eigenvalue weighted by molar-refractivity contribution is 7.45. The Kier molecular flexibility index (Phi) is 63.5. The molecule has 3 atom stereocenters. The van der Waals surface area contributed by atoms with E-state index >= 15 is 0 Å². The molecular formula is C77H135N2O6P. The Labute approximate surface area is 532 Å². The van der Waals surface area contributed by atoms with E-state index < -0.39 is 26.6 Å². The lowest BCUT2D eigenvalue weighted by Gasteiger charge is -2.29. The van der Waals surface area contributed by atoms with E-state index in [1.54, 1.807) is 6.08 Å². The molecule has 8 nitrogen and oxygen atoms in total. The maximum atomic E-state index is 13.0. The molecule has 0 aliphatic rings. The van der Waals surface area contributed by atoms with E-state index in [9.17, 15) is 19.4 Å². The Hall–Kier alpha value is -3.36. The number of quaternary nitrogens is 1. The average molecular weight is 1220 g/mol. The predicted molar refractivity (Wildman–Crippen MR) is 375 cm³/mol. The predicted octanol–water partition coefficient (Wildman–Crippen LogP) is 22.4. The van der Waals surface area contributed by atoms with Crippen molar-refractivity contribution in [3.8, 4) is 0 Å². The number of nitrogens with one attached hydrogen (secondary N) is 1. The third-order valence-corrected chi connectivity index (χ3v) is 16.3. The van der Waals surface area contributed by atoms with Gasteiger partial charge in [0, 0.05) is 6.42 Å². The first kappa shape index (κ1) is 82.6. The number of allylic oxidation sites excluding steroid dienone is 21. The maximum absolute atomic E-state index is 13.0. The van der Waals surface area contributed by atoms with Crippen LogP contribution >= 0.6 is 7.82 Å². The zero-order valence-corrected chi connectivity index (χ0v) is 57.4. The number of rotatable bonds is 64. The molecule has 0 spiro atoms. The zero-order chi connectivity index (χ0) is 62.6. The number of aliphatic hydroxyl groups excluding tert-OH is 1. The van der Waals surface area contributed by atoms with Gasteiger partial charge in [0.25, 0.3) is 7.82 Å². The van der Waals surface area contributed by atoms with Crippen molar-refractivity contribution in [2.45, 2.75) is 309 Å². The Morgan fingerprint density at radius 1 is 0.419 bits per heavy atom. The zero-order valence-electron chi connectivity index (χ0n) is 56.5. The summed E-state index contributed by atoms with van der Waals surface area (Å²) in [6.07, 6.45) is 100. The number of likely N-dealkylation sites (N-methyl/N-ethyl adjacent to an activating group) is 1. The number of hydrogen-bond donors (Lipinski definition) is 2. The fraction of sp³-hybridized carbons (Fsp3) is 0.701. The molecule has 494 valence electrons. The molecule has 0 saturated heterocycles. The number of hydrogen-bond acceptors (Lipinski definition) is 6. The highest BCUT2D eigenvalue weighted by atomic mass is 31.2. The van der Waals surface area contributed by atoms with Gasteiger partial charge >= 0.3 is 0 Å². The molecule has 0 aliphatic heterocycles. The second-order valence-corrected chi connectivity index (χ2v) is 26.3. The fourth-order valence-electron chi connectivity index (χ4n) is 9.87. The van der Waals surface area contributed by atoms with Gasteiger partial charge in [0.15, 0.2) is 0 Å². The summed E-state index contributed by atoms with van der Waals surface area (Å²) in [5.41, 5.74) is 0. The van der Waals surface area contributed by atoms with Gasteiger partial charge in [-0.05, 0) is 103 Å². The first-order valence-corrected chi connectivity index (χ1v) is 37.0. The van der Waals surface area contributed by atoms with Crippen LogP contribution in [0, 0.1) is 0 Å². The van der Waals surface area contributed by atoms with E-state index in [-0.39, 0.29) is 12.5 Å². The topological polar surface area (TPSA) is 108 Å². The maximum Gasteiger partial charge on any atom is 0.268 e. The van der Waals surface area contributed by atoms with Gasteiger partial charge in [0.05, 0.1) is 39.9 Å². The molecule has 0 saturated carbocycles. The molecule has 9 heteroatoms. The summed E-state index contributed by atoms with van der Waals surface area (Å²) in [7, 11) is 1.23. The van der Waals surface area contributed by atoms with Crippen molar-refractivity contribution < 1.29 is 32.9 Å². The normalized spacial score (nSPS) is 14.5. The highest BCUT2D eigenvalue weighted by Crippen LogP contribution is 2.38. The number of aliphatic hydroxyl groups is 1. The number of amides is 1. The smallest absolute Gasteiger partial charge is 0.268 e. The van der Waals surface area contributed by atoms with Crippen LogP contribution in [0.25, 0.3) is 0 Å². The lowest BCUT2D eigenvalue weighted by atomic mass is 10.0. The van der Waals surface area contributed by atoms with E-state index in [0.717, 1.165) is 109 Å². The van der Waals surface area contributed by atoms with E-state index in [1.807, 2.05) is 27.2 Å². The van der Waals surface area contributed by atoms with Crippen molar-refractivity contribution in [1.82, 2.24) is 5.32 Å². The van der Waals surface area contributed by atoms with E-state index in [4.69, 9.17) is 9.05 Å². The first-order chi connectivity index (χ1) is 42.0. The van der Waals surface area contributed by atoms with E-state index in [1.165, 1.54) is 167 Å². The molecule has 3 unspecified atom stereocenters. The summed E-state index contributed by atoms with van der Waals surface area (Å²) in [6.45, 7) is 4.53. The average Bonchev–Trinajstić information content (AvgIpc) is 3.70. The SMILES string of the molecule is CC/C=C\C/C=C\C/C=C\C/C=C\C/C=C\C/C=C\C/C=C\C/C=C\C/C=C\CCCCCCCCCCCC(=O)NC(COP(=O)([O-])OCC[N+](C)(C)C)C(O)/C=C/CC/C=C/CCCCCCCCCCCCCCCCCCCCCCC. The number of nitrogens with zero attached hydrogens (tertiary/aromatic N) is 1. The van der Waals surface area contributed by atoms with Gasteiger partial charge in [0.1, 0.15) is 13.2 Å². The van der Waals surface area contributed by atoms with Gasteiger partial charge in [-0.1, -0.05) is 321 Å². The summed E-state index contributed by atoms with van der Waals surface area (Å²) in [5, 5.41) is 13.9. The van der Waals surface area contributed by atoms with E-state index in [0.29, 0.717) is 17.4 Å². The van der Waals surface area contributed by atoms with Crippen LogP contribution in [-0.2, 0) is 18.4 Å². The highest BCUT2D eigenvalue weighted by Gasteiger charge is 2.23. The molecule has 0 aromatic rings. The molecule has 0 aromatic heterocycles. The summed E-state index contributed by atoms with van der Waals surface area (Å²) < 4.78 is 23.4. The van der Waals surface area contributed by atoms with Gasteiger partial charge in [-0.2, -0.15) is 0 Å². The molecule has 2 N–H and O–H groups in total. The van der Waals surface area contributed by atoms with Gasteiger partial charge in [-0.3, -0.25) is 9.36 Å². The van der Waals surface area contributed by atoms with Crippen LogP contribution < -0.4 is 10.2 Å². The van der Waals surface area contributed by atoms with Gasteiger partial charge in [-0.15, -0.1) is 0 Å². The summed E-state index contributed by atoms with van der Waals surface area (Å²) >= 11 is 0. The molecule has 0 aromatic carbocycles. The summed E-state index contributed by atoms with van der Waals surface area (Å²) in [4.78, 5) is 25.6. The monoisotopic (exact) mass is 1220 g/mol. The number of carbonyl (C=O) groups is 1. The third-order valence-electron chi connectivity index (χ3n) is 15.3. The van der Waals surface area contributed by atoms with Crippen molar-refractivity contribution >= 4 is 13.7 Å². The minimum atomic E-state index is -4.62. The van der Waals surface area contributed by atoms with Crippen LogP contribution in [-0.4, -0.2) is 68.5 Å². The van der Waals surface area contributed by atoms with Crippen LogP contribution in [0.2, 0.25) is 0 Å². The van der Waals surface area contributed by atoms with Crippen LogP contribution in [0.15, 0.2) is 134 Å². The number of carbonyl (C=O) groups excluding carboxylic acids is 1. The molecule has 0 heterocycles. The Balaban J connectivity index is 4.17. The molecule has 0 radical (unpaired) electrons. The lowest BCUT2D eigenvalue weighted by molar-refractivity contribution is -0.870. The molecule has 0 fully saturated rings. The van der Waals surface area contributed by atoms with Gasteiger partial charge in [0.2, 0.25) is 5.91 Å². The van der Waals surface area contributed by atoms with Crippen LogP contribution in [0.1, 0.15) is 296 Å². The molecule has 0 rings (SSSR count). The van der Waals surface area contributed by atoms with Crippen LogP contribution in [0.3, 0.4) is 0 Å². The van der Waals surface area contributed by atoms with Crippen LogP contribution in [0.5, 0.6) is 0 Å². The van der Waals surface area contributed by atoms with Crippen molar-refractivity contribution in [3.05, 3.63) is 134 Å². The quantitative estimate of drug-likeness (QED) is 0.0272. The Morgan fingerprint density at radius 2 is 0.721 bits per heavy atom. The summed E-state index contributed by atoms with van der Waals surface area (Å²) in [6, 6.07) is -0.918. The van der Waals surface area contributed by atoms with Crippen molar-refractivity contribution in [2.75, 3.05) is 40.9 Å². The standard InChI is InChI=1S/C77H135N2O6P/c1-6-8-10-12-14-16-18-20-22-24-26-28-30-32-34-35-36-37-38-39-40-41-42-43-45-47-49-51-53-55-57-59-61-63-65-67-69-71-77(81)78-75(74-85-86(82,83)84-73-72-79(3,4)5)76(80)70-68-66-64-62-60-58-56-54-52-50-48-46-44-33-31-29-27-25-23-21-19-17-15-13-11-9-7-2/h8,10,14,16,20,22,26,28,32,34,36-37,39-40,42-43,47,49,60,62,68,70,75-76,80H,6-7,9,11-13,15,17-19,21,23-25,27,29-31,33,35,38,41,44-46,48,50-59,61,63-67,69,71-74H2,1-5H3,(H-,78,81,82,83)/b10-8-,16-14-,22-20-,28-26-,34-32-,37-36-,40-39-,43-42-,49-47-,62-60+,70-68+. The second-order valence-electron chi connectivity index (χ2n) is 24.8. The molecule has 1 amide bonds. The number of unbranched alkanes of at least 4 members (excludes halogenated alkanes) is 31. The van der Waals surface area contributed by atoms with Crippen molar-refractivity contribution in [1.29, 1.82) is 0 Å². The van der Waals surface area contributed by atoms with Crippen molar-refractivity contribution in [2.24, 2.45) is 0 Å². The molecular weight excluding hydrogens is 1080 g/mol. The molecule has 0 aliphatic carbocycles. The van der Waals surface area contributed by atoms with Crippen molar-refractivity contribution in [3.63, 3.8) is 0 Å². The number of phosphoric ester groups is 1. The fourth-order valence-corrected chi connectivity index (χ4v) is 10.6. The number of phosphoric acid groups is 1. The second kappa shape index (κ2) is 66.1. The van der Waals surface area contributed by atoms with Gasteiger partial charge in [-0.25, -0.2) is 0 Å². The Bertz CT molecular complexity index is 1870. The third kappa shape index (κ3) is 68.1.